The Morgan fingerprint density at radius 3 is 3.00 bits per heavy atom. The fraction of sp³-hybridized carbons (Fsp3) is 0.409. The Morgan fingerprint density at radius 1 is 1.29 bits per heavy atom. The van der Waals surface area contributed by atoms with Gasteiger partial charge in [0.15, 0.2) is 5.65 Å². The first-order chi connectivity index (χ1) is 13.6. The lowest BCUT2D eigenvalue weighted by Crippen LogP contribution is -2.25. The molecule has 0 radical (unpaired) electrons. The van der Waals surface area contributed by atoms with Crippen molar-refractivity contribution in [3.05, 3.63) is 59.4 Å². The molecule has 2 aromatic heterocycles. The van der Waals surface area contributed by atoms with E-state index in [1.807, 2.05) is 10.7 Å². The Kier molecular flexibility index (Phi) is 5.39. The molecule has 6 nitrogen and oxygen atoms in total. The van der Waals surface area contributed by atoms with Crippen LogP contribution in [0.15, 0.2) is 42.6 Å². The topological polar surface area (TPSA) is 63.1 Å². The first-order valence-corrected chi connectivity index (χ1v) is 9.94. The van der Waals surface area contributed by atoms with Gasteiger partial charge in [0.05, 0.1) is 12.2 Å². The number of likely N-dealkylation sites (tertiary alicyclic amines) is 1. The second-order valence-electron chi connectivity index (χ2n) is 7.68. The van der Waals surface area contributed by atoms with E-state index in [1.54, 1.807) is 6.20 Å². The van der Waals surface area contributed by atoms with Gasteiger partial charge in [-0.2, -0.15) is 5.10 Å². The average molecular weight is 377 g/mol. The van der Waals surface area contributed by atoms with Crippen LogP contribution in [0.25, 0.3) is 11.0 Å². The van der Waals surface area contributed by atoms with Crippen LogP contribution in [0.1, 0.15) is 36.1 Å². The molecular formula is C22H27N5O. The van der Waals surface area contributed by atoms with Crippen LogP contribution in [0.2, 0.25) is 0 Å². The lowest BCUT2D eigenvalue weighted by atomic mass is 10.0. The van der Waals surface area contributed by atoms with E-state index < -0.39 is 0 Å². The van der Waals surface area contributed by atoms with E-state index in [0.717, 1.165) is 42.8 Å². The third-order valence-corrected chi connectivity index (χ3v) is 5.38. The standard InChI is InChI=1S/C22H27N5O/c1-16-5-3-6-18(13-16)14-26-11-8-19(15-26)21-20-7-4-9-24-22(20)27(25-21)12-10-23-17(2)28/h3-7,9,13,19H,8,10-12,14-15H2,1-2H3,(H,23,28)/t19-/m0/s1. The van der Waals surface area contributed by atoms with Gasteiger partial charge in [-0.3, -0.25) is 9.69 Å². The highest BCUT2D eigenvalue weighted by atomic mass is 16.1. The molecule has 1 aliphatic rings. The summed E-state index contributed by atoms with van der Waals surface area (Å²) >= 11 is 0. The number of aryl methyl sites for hydroxylation is 1. The Hall–Kier alpha value is -2.73. The quantitative estimate of drug-likeness (QED) is 0.717. The number of amides is 1. The molecule has 0 unspecified atom stereocenters. The van der Waals surface area contributed by atoms with Crippen LogP contribution < -0.4 is 5.32 Å². The minimum Gasteiger partial charge on any atom is -0.354 e. The molecule has 0 bridgehead atoms. The van der Waals surface area contributed by atoms with Crippen molar-refractivity contribution in [3.8, 4) is 0 Å². The zero-order valence-corrected chi connectivity index (χ0v) is 16.6. The number of carbonyl (C=O) groups is 1. The van der Waals surface area contributed by atoms with Gasteiger partial charge in [-0.25, -0.2) is 9.67 Å². The molecule has 1 saturated heterocycles. The third-order valence-electron chi connectivity index (χ3n) is 5.38. The number of carbonyl (C=O) groups excluding carboxylic acids is 1. The van der Waals surface area contributed by atoms with Gasteiger partial charge >= 0.3 is 0 Å². The number of aromatic nitrogens is 3. The van der Waals surface area contributed by atoms with Gasteiger partial charge in [0.2, 0.25) is 5.91 Å². The van der Waals surface area contributed by atoms with E-state index in [2.05, 4.69) is 52.5 Å². The number of benzene rings is 1. The zero-order chi connectivity index (χ0) is 19.5. The normalized spacial score (nSPS) is 17.3. The van der Waals surface area contributed by atoms with Crippen LogP contribution in [0, 0.1) is 6.92 Å². The SMILES string of the molecule is CC(=O)NCCn1nc([C@H]2CCN(Cc3cccc(C)c3)C2)c2cccnc21. The molecule has 3 aromatic rings. The zero-order valence-electron chi connectivity index (χ0n) is 16.6. The molecule has 0 saturated carbocycles. The van der Waals surface area contributed by atoms with Crippen LogP contribution in [-0.4, -0.2) is 45.2 Å². The molecule has 146 valence electrons. The summed E-state index contributed by atoms with van der Waals surface area (Å²) in [5.74, 6) is 0.394. The molecule has 6 heteroatoms. The molecule has 1 aliphatic heterocycles. The lowest BCUT2D eigenvalue weighted by Gasteiger charge is -2.16. The van der Waals surface area contributed by atoms with Crippen LogP contribution in [-0.2, 0) is 17.9 Å². The number of nitrogens with one attached hydrogen (secondary N) is 1. The Labute approximate surface area is 165 Å². The summed E-state index contributed by atoms with van der Waals surface area (Å²) in [7, 11) is 0. The number of fused-ring (bicyclic) bond motifs is 1. The second-order valence-corrected chi connectivity index (χ2v) is 7.68. The van der Waals surface area contributed by atoms with Crippen molar-refractivity contribution in [2.45, 2.75) is 39.3 Å². The monoisotopic (exact) mass is 377 g/mol. The van der Waals surface area contributed by atoms with Crippen molar-refractivity contribution >= 4 is 16.9 Å². The summed E-state index contributed by atoms with van der Waals surface area (Å²) < 4.78 is 1.93. The van der Waals surface area contributed by atoms with Crippen molar-refractivity contribution in [2.75, 3.05) is 19.6 Å². The van der Waals surface area contributed by atoms with Crippen LogP contribution in [0.3, 0.4) is 0 Å². The molecule has 1 amide bonds. The van der Waals surface area contributed by atoms with E-state index in [0.29, 0.717) is 19.0 Å². The van der Waals surface area contributed by atoms with Crippen LogP contribution >= 0.6 is 0 Å². The number of pyridine rings is 1. The molecular weight excluding hydrogens is 350 g/mol. The fourth-order valence-corrected chi connectivity index (χ4v) is 4.10. The fourth-order valence-electron chi connectivity index (χ4n) is 4.10. The van der Waals surface area contributed by atoms with E-state index >= 15 is 0 Å². The van der Waals surface area contributed by atoms with Crippen molar-refractivity contribution in [3.63, 3.8) is 0 Å². The highest BCUT2D eigenvalue weighted by Crippen LogP contribution is 2.31. The van der Waals surface area contributed by atoms with Crippen molar-refractivity contribution in [1.29, 1.82) is 0 Å². The second kappa shape index (κ2) is 8.10. The van der Waals surface area contributed by atoms with Gasteiger partial charge in [-0.1, -0.05) is 29.8 Å². The van der Waals surface area contributed by atoms with Crippen LogP contribution in [0.4, 0.5) is 0 Å². The summed E-state index contributed by atoms with van der Waals surface area (Å²) in [6.07, 6.45) is 2.92. The van der Waals surface area contributed by atoms with E-state index in [1.165, 1.54) is 18.1 Å². The predicted molar refractivity (Wildman–Crippen MR) is 110 cm³/mol. The Balaban J connectivity index is 1.50. The minimum atomic E-state index is -0.0211. The van der Waals surface area contributed by atoms with Gasteiger partial charge in [0.25, 0.3) is 0 Å². The molecule has 3 heterocycles. The third kappa shape index (κ3) is 4.07. The predicted octanol–water partition coefficient (Wildman–Crippen LogP) is 2.87. The Bertz CT molecular complexity index is 980. The Morgan fingerprint density at radius 2 is 2.18 bits per heavy atom. The number of rotatable bonds is 6. The highest BCUT2D eigenvalue weighted by Gasteiger charge is 2.28. The van der Waals surface area contributed by atoms with Gasteiger partial charge in [0, 0.05) is 44.1 Å². The molecule has 1 atom stereocenters. The van der Waals surface area contributed by atoms with E-state index in [4.69, 9.17) is 5.10 Å². The number of hydrogen-bond acceptors (Lipinski definition) is 4. The smallest absolute Gasteiger partial charge is 0.216 e. The highest BCUT2D eigenvalue weighted by molar-refractivity contribution is 5.79. The summed E-state index contributed by atoms with van der Waals surface area (Å²) in [5.41, 5.74) is 4.72. The largest absolute Gasteiger partial charge is 0.354 e. The van der Waals surface area contributed by atoms with Crippen LogP contribution in [0.5, 0.6) is 0 Å². The number of hydrogen-bond donors (Lipinski definition) is 1. The average Bonchev–Trinajstić information content (AvgIpc) is 3.26. The first kappa shape index (κ1) is 18.6. The summed E-state index contributed by atoms with van der Waals surface area (Å²) in [6.45, 7) is 7.95. The minimum absolute atomic E-state index is 0.0211. The van der Waals surface area contributed by atoms with Crippen molar-refractivity contribution < 1.29 is 4.79 Å². The molecule has 4 rings (SSSR count). The van der Waals surface area contributed by atoms with E-state index in [9.17, 15) is 4.79 Å². The summed E-state index contributed by atoms with van der Waals surface area (Å²) in [4.78, 5) is 18.2. The van der Waals surface area contributed by atoms with Crippen molar-refractivity contribution in [2.24, 2.45) is 0 Å². The van der Waals surface area contributed by atoms with E-state index in [-0.39, 0.29) is 5.91 Å². The molecule has 0 aliphatic carbocycles. The molecule has 0 spiro atoms. The number of nitrogens with zero attached hydrogens (tertiary/aromatic N) is 4. The first-order valence-electron chi connectivity index (χ1n) is 9.94. The molecule has 1 N–H and O–H groups in total. The van der Waals surface area contributed by atoms with Gasteiger partial charge in [0.1, 0.15) is 0 Å². The van der Waals surface area contributed by atoms with Gasteiger partial charge in [-0.15, -0.1) is 0 Å². The molecule has 1 aromatic carbocycles. The molecule has 28 heavy (non-hydrogen) atoms. The maximum Gasteiger partial charge on any atom is 0.216 e. The molecule has 1 fully saturated rings. The summed E-state index contributed by atoms with van der Waals surface area (Å²) in [6, 6.07) is 12.8. The van der Waals surface area contributed by atoms with Gasteiger partial charge in [-0.05, 0) is 37.6 Å². The maximum absolute atomic E-state index is 11.2. The van der Waals surface area contributed by atoms with Gasteiger partial charge < -0.3 is 5.32 Å². The van der Waals surface area contributed by atoms with Crippen molar-refractivity contribution in [1.82, 2.24) is 25.0 Å². The lowest BCUT2D eigenvalue weighted by molar-refractivity contribution is -0.118. The summed E-state index contributed by atoms with van der Waals surface area (Å²) in [5, 5.41) is 8.87. The maximum atomic E-state index is 11.2.